The number of nitrogens with zero attached hydrogens (tertiary/aromatic N) is 1. The number of hydrogen-bond acceptors (Lipinski definition) is 3. The number of halogens is 1. The fourth-order valence-corrected chi connectivity index (χ4v) is 3.01. The van der Waals surface area contributed by atoms with Gasteiger partial charge in [0.1, 0.15) is 5.60 Å². The van der Waals surface area contributed by atoms with Crippen LogP contribution in [-0.2, 0) is 9.47 Å². The standard InChI is InChI=1S/C11H18INO3/c1-10(2,3)16-9(14)13-7-11(6-12)4-8(13)5-15-11/h8H,4-7H2,1-3H3/t8-,11+/m1/s1. The molecule has 2 bridgehead atoms. The molecule has 5 heteroatoms. The first-order chi connectivity index (χ1) is 7.35. The van der Waals surface area contributed by atoms with Gasteiger partial charge in [-0.2, -0.15) is 0 Å². The Morgan fingerprint density at radius 2 is 2.31 bits per heavy atom. The molecule has 2 saturated heterocycles. The van der Waals surface area contributed by atoms with Gasteiger partial charge in [-0.05, 0) is 20.8 Å². The number of ether oxygens (including phenoxy) is 2. The number of rotatable bonds is 1. The molecule has 16 heavy (non-hydrogen) atoms. The first kappa shape index (κ1) is 12.4. The Bertz CT molecular complexity index is 302. The van der Waals surface area contributed by atoms with Crippen LogP contribution in [0.2, 0.25) is 0 Å². The minimum Gasteiger partial charge on any atom is -0.444 e. The molecule has 0 aromatic rings. The first-order valence-electron chi connectivity index (χ1n) is 5.55. The number of carbonyl (C=O) groups excluding carboxylic acids is 1. The molecule has 92 valence electrons. The zero-order chi connectivity index (χ0) is 12.0. The van der Waals surface area contributed by atoms with Crippen molar-refractivity contribution in [1.82, 2.24) is 4.90 Å². The second kappa shape index (κ2) is 4.01. The number of morpholine rings is 1. The summed E-state index contributed by atoms with van der Waals surface area (Å²) in [6.45, 7) is 7.01. The van der Waals surface area contributed by atoms with E-state index in [1.54, 1.807) is 0 Å². The van der Waals surface area contributed by atoms with Crippen LogP contribution in [0.25, 0.3) is 0 Å². The van der Waals surface area contributed by atoms with Crippen molar-refractivity contribution >= 4 is 28.7 Å². The highest BCUT2D eigenvalue weighted by Crippen LogP contribution is 2.39. The van der Waals surface area contributed by atoms with Crippen LogP contribution in [0.4, 0.5) is 4.79 Å². The predicted molar refractivity (Wildman–Crippen MR) is 68.9 cm³/mol. The summed E-state index contributed by atoms with van der Waals surface area (Å²) in [5, 5.41) is 0. The number of hydrogen-bond donors (Lipinski definition) is 0. The Hall–Kier alpha value is -0.0400. The van der Waals surface area contributed by atoms with Gasteiger partial charge in [-0.25, -0.2) is 4.79 Å². The Morgan fingerprint density at radius 1 is 1.62 bits per heavy atom. The predicted octanol–water partition coefficient (Wildman–Crippen LogP) is 2.20. The smallest absolute Gasteiger partial charge is 0.410 e. The minimum absolute atomic E-state index is 0.109. The van der Waals surface area contributed by atoms with Crippen molar-refractivity contribution < 1.29 is 14.3 Å². The van der Waals surface area contributed by atoms with Gasteiger partial charge in [0.2, 0.25) is 0 Å². The van der Waals surface area contributed by atoms with Gasteiger partial charge < -0.3 is 9.47 Å². The van der Waals surface area contributed by atoms with Crippen LogP contribution in [0.1, 0.15) is 27.2 Å². The summed E-state index contributed by atoms with van der Waals surface area (Å²) in [5.74, 6) is 0. The van der Waals surface area contributed by atoms with Gasteiger partial charge in [-0.3, -0.25) is 4.90 Å². The van der Waals surface area contributed by atoms with E-state index in [0.29, 0.717) is 13.2 Å². The molecule has 0 spiro atoms. The molecular weight excluding hydrogens is 321 g/mol. The maximum absolute atomic E-state index is 12.0. The normalized spacial score (nSPS) is 33.2. The van der Waals surface area contributed by atoms with Crippen molar-refractivity contribution in [1.29, 1.82) is 0 Å². The number of likely N-dealkylation sites (tertiary alicyclic amines) is 1. The van der Waals surface area contributed by atoms with E-state index < -0.39 is 5.60 Å². The van der Waals surface area contributed by atoms with E-state index >= 15 is 0 Å². The number of alkyl halides is 1. The highest BCUT2D eigenvalue weighted by molar-refractivity contribution is 14.1. The maximum atomic E-state index is 12.0. The van der Waals surface area contributed by atoms with Crippen molar-refractivity contribution in [2.75, 3.05) is 17.6 Å². The average Bonchev–Trinajstić information content (AvgIpc) is 2.72. The van der Waals surface area contributed by atoms with E-state index in [2.05, 4.69) is 22.6 Å². The van der Waals surface area contributed by atoms with E-state index in [4.69, 9.17) is 9.47 Å². The minimum atomic E-state index is -0.419. The Morgan fingerprint density at radius 3 is 2.81 bits per heavy atom. The van der Waals surface area contributed by atoms with Crippen LogP contribution in [0, 0.1) is 0 Å². The third-order valence-corrected chi connectivity index (χ3v) is 4.35. The molecule has 2 atom stereocenters. The SMILES string of the molecule is CC(C)(C)OC(=O)N1C[C@@]2(CI)C[C@@H]1CO2. The Kier molecular flexibility index (Phi) is 3.11. The summed E-state index contributed by atoms with van der Waals surface area (Å²) in [5.41, 5.74) is -0.528. The van der Waals surface area contributed by atoms with Crippen molar-refractivity contribution in [2.24, 2.45) is 0 Å². The molecule has 0 aliphatic carbocycles. The fourth-order valence-electron chi connectivity index (χ4n) is 2.24. The summed E-state index contributed by atoms with van der Waals surface area (Å²) in [7, 11) is 0. The molecule has 2 aliphatic rings. The van der Waals surface area contributed by atoms with E-state index in [0.717, 1.165) is 10.8 Å². The van der Waals surface area contributed by atoms with Gasteiger partial charge in [-0.1, -0.05) is 22.6 Å². The van der Waals surface area contributed by atoms with E-state index in [-0.39, 0.29) is 17.7 Å². The van der Waals surface area contributed by atoms with Crippen molar-refractivity contribution in [3.63, 3.8) is 0 Å². The van der Waals surface area contributed by atoms with Gasteiger partial charge in [0, 0.05) is 10.8 Å². The first-order valence-corrected chi connectivity index (χ1v) is 7.07. The van der Waals surface area contributed by atoms with Crippen LogP contribution in [0.5, 0.6) is 0 Å². The maximum Gasteiger partial charge on any atom is 0.410 e. The fraction of sp³-hybridized carbons (Fsp3) is 0.909. The number of amides is 1. The molecule has 1 amide bonds. The molecule has 0 unspecified atom stereocenters. The molecule has 0 saturated carbocycles. The molecule has 0 N–H and O–H groups in total. The van der Waals surface area contributed by atoms with Gasteiger partial charge in [-0.15, -0.1) is 0 Å². The molecule has 4 nitrogen and oxygen atoms in total. The molecule has 2 heterocycles. The second-order valence-corrected chi connectivity index (χ2v) is 6.36. The summed E-state index contributed by atoms with van der Waals surface area (Å²) in [6.07, 6.45) is 0.752. The van der Waals surface area contributed by atoms with Crippen molar-refractivity contribution in [3.8, 4) is 0 Å². The zero-order valence-corrected chi connectivity index (χ0v) is 12.1. The quantitative estimate of drug-likeness (QED) is 0.543. The van der Waals surface area contributed by atoms with Crippen LogP contribution < -0.4 is 0 Å². The number of fused-ring (bicyclic) bond motifs is 2. The largest absolute Gasteiger partial charge is 0.444 e. The van der Waals surface area contributed by atoms with E-state index in [1.165, 1.54) is 0 Å². The van der Waals surface area contributed by atoms with Crippen LogP contribution in [0.15, 0.2) is 0 Å². The lowest BCUT2D eigenvalue weighted by Gasteiger charge is -2.33. The summed E-state index contributed by atoms with van der Waals surface area (Å²) in [6, 6.07) is 0.213. The van der Waals surface area contributed by atoms with Crippen LogP contribution >= 0.6 is 22.6 Å². The molecule has 0 radical (unpaired) electrons. The van der Waals surface area contributed by atoms with E-state index in [9.17, 15) is 4.79 Å². The lowest BCUT2D eigenvalue weighted by Crippen LogP contribution is -2.48. The lowest BCUT2D eigenvalue weighted by molar-refractivity contribution is -0.0402. The highest BCUT2D eigenvalue weighted by atomic mass is 127. The lowest BCUT2D eigenvalue weighted by atomic mass is 10.1. The highest BCUT2D eigenvalue weighted by Gasteiger charge is 2.52. The Balaban J connectivity index is 2.01. The van der Waals surface area contributed by atoms with Gasteiger partial charge in [0.25, 0.3) is 0 Å². The second-order valence-electron chi connectivity index (χ2n) is 5.59. The molecule has 2 fully saturated rings. The molecule has 2 rings (SSSR count). The third-order valence-electron chi connectivity index (χ3n) is 2.96. The van der Waals surface area contributed by atoms with Gasteiger partial charge >= 0.3 is 6.09 Å². The summed E-state index contributed by atoms with van der Waals surface area (Å²) in [4.78, 5) is 13.8. The molecular formula is C11H18INO3. The zero-order valence-electron chi connectivity index (χ0n) is 9.96. The third kappa shape index (κ3) is 2.30. The molecule has 0 aromatic heterocycles. The van der Waals surface area contributed by atoms with Crippen LogP contribution in [0.3, 0.4) is 0 Å². The van der Waals surface area contributed by atoms with Gasteiger partial charge in [0.15, 0.2) is 0 Å². The summed E-state index contributed by atoms with van der Waals surface area (Å²) < 4.78 is 12.1. The van der Waals surface area contributed by atoms with Crippen molar-refractivity contribution in [3.05, 3.63) is 0 Å². The monoisotopic (exact) mass is 339 g/mol. The Labute approximate surface area is 110 Å². The average molecular weight is 339 g/mol. The molecule has 2 aliphatic heterocycles. The van der Waals surface area contributed by atoms with Gasteiger partial charge in [0.05, 0.1) is 24.8 Å². The van der Waals surface area contributed by atoms with E-state index in [1.807, 2.05) is 25.7 Å². The molecule has 0 aromatic carbocycles. The van der Waals surface area contributed by atoms with Crippen LogP contribution in [-0.4, -0.2) is 45.8 Å². The topological polar surface area (TPSA) is 38.8 Å². The summed E-state index contributed by atoms with van der Waals surface area (Å²) >= 11 is 2.33. The van der Waals surface area contributed by atoms with Crippen molar-refractivity contribution in [2.45, 2.75) is 44.4 Å². The number of carbonyl (C=O) groups is 1.